The number of hydrogen-bond acceptors (Lipinski definition) is 2. The van der Waals surface area contributed by atoms with Gasteiger partial charge in [0.15, 0.2) is 0 Å². The van der Waals surface area contributed by atoms with Crippen LogP contribution >= 0.6 is 0 Å². The van der Waals surface area contributed by atoms with E-state index in [0.29, 0.717) is 11.6 Å². The predicted molar refractivity (Wildman–Crippen MR) is 72.2 cm³/mol. The average Bonchev–Trinajstić information content (AvgIpc) is 2.35. The molecule has 1 unspecified atom stereocenters. The first kappa shape index (κ1) is 13.1. The molecule has 0 radical (unpaired) electrons. The van der Waals surface area contributed by atoms with E-state index in [-0.39, 0.29) is 0 Å². The van der Waals surface area contributed by atoms with Gasteiger partial charge in [0.2, 0.25) is 0 Å². The number of carbonyl (C=O) groups is 1. The Balaban J connectivity index is 2.22. The van der Waals surface area contributed by atoms with Crippen molar-refractivity contribution < 1.29 is 9.90 Å². The van der Waals surface area contributed by atoms with Crippen molar-refractivity contribution in [3.8, 4) is 0 Å². The summed E-state index contributed by atoms with van der Waals surface area (Å²) in [5.74, 6) is -0.837. The maximum absolute atomic E-state index is 11.1. The van der Waals surface area contributed by atoms with E-state index in [1.807, 2.05) is 13.0 Å². The Morgan fingerprint density at radius 1 is 1.39 bits per heavy atom. The third-order valence-electron chi connectivity index (χ3n) is 3.90. The monoisotopic (exact) mass is 247 g/mol. The lowest BCUT2D eigenvalue weighted by Gasteiger charge is -2.24. The molecule has 1 saturated heterocycles. The van der Waals surface area contributed by atoms with E-state index in [4.69, 9.17) is 5.11 Å². The second kappa shape index (κ2) is 5.53. The van der Waals surface area contributed by atoms with Crippen molar-refractivity contribution in [2.75, 3.05) is 6.54 Å². The van der Waals surface area contributed by atoms with Gasteiger partial charge in [-0.05, 0) is 68.5 Å². The van der Waals surface area contributed by atoms with Gasteiger partial charge in [0, 0.05) is 6.04 Å². The van der Waals surface area contributed by atoms with Gasteiger partial charge < -0.3 is 10.4 Å². The molecule has 1 aliphatic rings. The number of aromatic carboxylic acids is 1. The highest BCUT2D eigenvalue weighted by atomic mass is 16.4. The van der Waals surface area contributed by atoms with Gasteiger partial charge in [-0.1, -0.05) is 6.42 Å². The average molecular weight is 247 g/mol. The Labute approximate surface area is 108 Å². The van der Waals surface area contributed by atoms with E-state index >= 15 is 0 Å². The molecule has 0 aliphatic carbocycles. The van der Waals surface area contributed by atoms with E-state index in [9.17, 15) is 4.79 Å². The van der Waals surface area contributed by atoms with Crippen molar-refractivity contribution in [1.29, 1.82) is 0 Å². The Hall–Kier alpha value is -1.35. The standard InChI is InChI=1S/C15H21NO2/c1-10-7-13(15(17)18)8-12(11(10)2)9-14-5-3-4-6-16-14/h7-8,14,16H,3-6,9H2,1-2H3,(H,17,18). The molecule has 2 rings (SSSR count). The van der Waals surface area contributed by atoms with E-state index in [1.54, 1.807) is 6.07 Å². The van der Waals surface area contributed by atoms with Gasteiger partial charge in [0.1, 0.15) is 0 Å². The van der Waals surface area contributed by atoms with E-state index in [0.717, 1.165) is 18.5 Å². The summed E-state index contributed by atoms with van der Waals surface area (Å²) in [5, 5.41) is 12.6. The Bertz CT molecular complexity index is 448. The van der Waals surface area contributed by atoms with Crippen LogP contribution in [0.25, 0.3) is 0 Å². The molecule has 18 heavy (non-hydrogen) atoms. The molecule has 3 heteroatoms. The molecule has 1 fully saturated rings. The van der Waals surface area contributed by atoms with Crippen LogP contribution < -0.4 is 5.32 Å². The highest BCUT2D eigenvalue weighted by Gasteiger charge is 2.16. The minimum Gasteiger partial charge on any atom is -0.478 e. The third kappa shape index (κ3) is 2.91. The Morgan fingerprint density at radius 2 is 2.17 bits per heavy atom. The van der Waals surface area contributed by atoms with E-state index < -0.39 is 5.97 Å². The van der Waals surface area contributed by atoms with Crippen LogP contribution in [0.2, 0.25) is 0 Å². The highest BCUT2D eigenvalue weighted by Crippen LogP contribution is 2.20. The summed E-state index contributed by atoms with van der Waals surface area (Å²) in [6, 6.07) is 4.09. The lowest BCUT2D eigenvalue weighted by atomic mass is 9.92. The molecule has 1 aliphatic heterocycles. The third-order valence-corrected chi connectivity index (χ3v) is 3.90. The quantitative estimate of drug-likeness (QED) is 0.863. The summed E-state index contributed by atoms with van der Waals surface area (Å²) < 4.78 is 0. The molecule has 0 spiro atoms. The topological polar surface area (TPSA) is 49.3 Å². The van der Waals surface area contributed by atoms with Crippen LogP contribution in [0.4, 0.5) is 0 Å². The molecule has 1 atom stereocenters. The van der Waals surface area contributed by atoms with Crippen molar-refractivity contribution in [2.45, 2.75) is 45.6 Å². The van der Waals surface area contributed by atoms with Crippen LogP contribution in [0.15, 0.2) is 12.1 Å². The minimum absolute atomic E-state index is 0.406. The van der Waals surface area contributed by atoms with Gasteiger partial charge in [0.25, 0.3) is 0 Å². The largest absolute Gasteiger partial charge is 0.478 e. The van der Waals surface area contributed by atoms with Crippen LogP contribution in [-0.2, 0) is 6.42 Å². The fourth-order valence-corrected chi connectivity index (χ4v) is 2.63. The number of nitrogens with one attached hydrogen (secondary N) is 1. The SMILES string of the molecule is Cc1cc(C(=O)O)cc(CC2CCCCN2)c1C. The van der Waals surface area contributed by atoms with Crippen molar-refractivity contribution in [3.63, 3.8) is 0 Å². The number of rotatable bonds is 3. The molecular formula is C15H21NO2. The van der Waals surface area contributed by atoms with Gasteiger partial charge in [-0.15, -0.1) is 0 Å². The number of benzene rings is 1. The van der Waals surface area contributed by atoms with Crippen molar-refractivity contribution in [1.82, 2.24) is 5.32 Å². The predicted octanol–water partition coefficient (Wildman–Crippen LogP) is 2.69. The van der Waals surface area contributed by atoms with Crippen LogP contribution in [0.3, 0.4) is 0 Å². The van der Waals surface area contributed by atoms with Crippen LogP contribution in [0, 0.1) is 13.8 Å². The van der Waals surface area contributed by atoms with Gasteiger partial charge in [-0.2, -0.15) is 0 Å². The summed E-state index contributed by atoms with van der Waals surface area (Å²) in [6.45, 7) is 5.15. The van der Waals surface area contributed by atoms with Crippen LogP contribution in [0.5, 0.6) is 0 Å². The zero-order valence-corrected chi connectivity index (χ0v) is 11.1. The number of carboxylic acid groups (broad SMARTS) is 1. The number of aryl methyl sites for hydroxylation is 1. The first-order valence-corrected chi connectivity index (χ1v) is 6.64. The first-order chi connectivity index (χ1) is 8.58. The molecule has 3 nitrogen and oxygen atoms in total. The molecule has 1 aromatic carbocycles. The molecule has 0 amide bonds. The maximum atomic E-state index is 11.1. The molecule has 1 aromatic rings. The van der Waals surface area contributed by atoms with Crippen molar-refractivity contribution in [3.05, 3.63) is 34.4 Å². The van der Waals surface area contributed by atoms with Gasteiger partial charge in [-0.25, -0.2) is 4.79 Å². The molecular weight excluding hydrogens is 226 g/mol. The normalized spacial score (nSPS) is 19.8. The van der Waals surface area contributed by atoms with Gasteiger partial charge >= 0.3 is 5.97 Å². The maximum Gasteiger partial charge on any atom is 0.335 e. The molecule has 0 saturated carbocycles. The summed E-state index contributed by atoms with van der Waals surface area (Å²) in [4.78, 5) is 11.1. The Kier molecular flexibility index (Phi) is 4.02. The number of hydrogen-bond donors (Lipinski definition) is 2. The second-order valence-electron chi connectivity index (χ2n) is 5.23. The number of carboxylic acids is 1. The lowest BCUT2D eigenvalue weighted by molar-refractivity contribution is 0.0696. The van der Waals surface area contributed by atoms with Crippen molar-refractivity contribution in [2.24, 2.45) is 0 Å². The number of piperidine rings is 1. The fraction of sp³-hybridized carbons (Fsp3) is 0.533. The van der Waals surface area contributed by atoms with Crippen LogP contribution in [0.1, 0.15) is 46.3 Å². The zero-order valence-electron chi connectivity index (χ0n) is 11.1. The summed E-state index contributed by atoms with van der Waals surface area (Å²) in [6.07, 6.45) is 4.65. The summed E-state index contributed by atoms with van der Waals surface area (Å²) >= 11 is 0. The summed E-state index contributed by atoms with van der Waals surface area (Å²) in [7, 11) is 0. The second-order valence-corrected chi connectivity index (χ2v) is 5.23. The zero-order chi connectivity index (χ0) is 13.1. The highest BCUT2D eigenvalue weighted by molar-refractivity contribution is 5.88. The van der Waals surface area contributed by atoms with Gasteiger partial charge in [0.05, 0.1) is 5.56 Å². The first-order valence-electron chi connectivity index (χ1n) is 6.64. The molecule has 98 valence electrons. The molecule has 0 bridgehead atoms. The van der Waals surface area contributed by atoms with E-state index in [2.05, 4.69) is 12.2 Å². The minimum atomic E-state index is -0.837. The smallest absolute Gasteiger partial charge is 0.335 e. The van der Waals surface area contributed by atoms with Crippen LogP contribution in [-0.4, -0.2) is 23.7 Å². The van der Waals surface area contributed by atoms with Crippen molar-refractivity contribution >= 4 is 5.97 Å². The lowest BCUT2D eigenvalue weighted by Crippen LogP contribution is -2.35. The molecule has 0 aromatic heterocycles. The van der Waals surface area contributed by atoms with Gasteiger partial charge in [-0.3, -0.25) is 0 Å². The fourth-order valence-electron chi connectivity index (χ4n) is 2.63. The molecule has 2 N–H and O–H groups in total. The van der Waals surface area contributed by atoms with E-state index in [1.165, 1.54) is 30.4 Å². The summed E-state index contributed by atoms with van der Waals surface area (Å²) in [5.41, 5.74) is 3.88. The Morgan fingerprint density at radius 3 is 2.78 bits per heavy atom. The molecule has 1 heterocycles.